The maximum Gasteiger partial charge on any atom is 0.259 e. The number of amides is 1. The summed E-state index contributed by atoms with van der Waals surface area (Å²) in [6, 6.07) is 16.6. The molecule has 0 aliphatic carbocycles. The molecule has 2 aromatic carbocycles. The highest BCUT2D eigenvalue weighted by Crippen LogP contribution is 2.28. The normalized spacial score (nSPS) is 13.1. The van der Waals surface area contributed by atoms with E-state index >= 15 is 0 Å². The second kappa shape index (κ2) is 8.21. The van der Waals surface area contributed by atoms with E-state index in [1.807, 2.05) is 35.2 Å². The number of carbonyl (C=O) groups excluding carboxylic acids is 1. The molecule has 1 aromatic heterocycles. The number of nitrogens with one attached hydrogen (secondary N) is 1. The zero-order valence-corrected chi connectivity index (χ0v) is 15.6. The molecule has 0 radical (unpaired) electrons. The van der Waals surface area contributed by atoms with Crippen molar-refractivity contribution < 1.29 is 9.18 Å². The summed E-state index contributed by atoms with van der Waals surface area (Å²) in [5, 5.41) is 3.24. The standard InChI is InChI=1S/C23H22FN3O/c24-21-9-3-1-6-17(21)11-12-26-20-14-19(15-25-16-20)23(28)27-13-5-8-18-7-2-4-10-22(18)27/h1-4,6-7,9-10,14-16,26H,5,8,11-13H2. The fourth-order valence-corrected chi connectivity index (χ4v) is 3.60. The number of aryl methyl sites for hydroxylation is 1. The topological polar surface area (TPSA) is 45.2 Å². The minimum atomic E-state index is -0.199. The molecule has 0 saturated heterocycles. The van der Waals surface area contributed by atoms with Crippen molar-refractivity contribution in [3.63, 3.8) is 0 Å². The van der Waals surface area contributed by atoms with Crippen LogP contribution in [0.3, 0.4) is 0 Å². The number of aromatic nitrogens is 1. The van der Waals surface area contributed by atoms with E-state index in [1.54, 1.807) is 24.5 Å². The number of anilines is 2. The molecular weight excluding hydrogens is 353 g/mol. The number of para-hydroxylation sites is 1. The van der Waals surface area contributed by atoms with E-state index in [0.29, 0.717) is 30.6 Å². The Bertz CT molecular complexity index is 989. The van der Waals surface area contributed by atoms with Crippen molar-refractivity contribution in [2.24, 2.45) is 0 Å². The van der Waals surface area contributed by atoms with Gasteiger partial charge in [-0.3, -0.25) is 9.78 Å². The second-order valence-electron chi connectivity index (χ2n) is 6.92. The summed E-state index contributed by atoms with van der Waals surface area (Å²) in [7, 11) is 0. The Morgan fingerprint density at radius 2 is 1.93 bits per heavy atom. The minimum absolute atomic E-state index is 0.0441. The van der Waals surface area contributed by atoms with Crippen LogP contribution < -0.4 is 10.2 Å². The average Bonchev–Trinajstić information content (AvgIpc) is 2.74. The van der Waals surface area contributed by atoms with Gasteiger partial charge in [0.25, 0.3) is 5.91 Å². The van der Waals surface area contributed by atoms with Gasteiger partial charge in [-0.05, 0) is 48.6 Å². The number of hydrogen-bond acceptors (Lipinski definition) is 3. The molecule has 142 valence electrons. The summed E-state index contributed by atoms with van der Waals surface area (Å²) in [5.74, 6) is -0.243. The molecule has 0 atom stereocenters. The average molecular weight is 375 g/mol. The van der Waals surface area contributed by atoms with Gasteiger partial charge in [0.15, 0.2) is 0 Å². The lowest BCUT2D eigenvalue weighted by atomic mass is 10.0. The molecule has 0 bridgehead atoms. The predicted octanol–water partition coefficient (Wildman–Crippen LogP) is 4.47. The van der Waals surface area contributed by atoms with Gasteiger partial charge < -0.3 is 10.2 Å². The lowest BCUT2D eigenvalue weighted by Crippen LogP contribution is -2.35. The number of benzene rings is 2. The smallest absolute Gasteiger partial charge is 0.259 e. The maximum atomic E-state index is 13.7. The maximum absolute atomic E-state index is 13.7. The van der Waals surface area contributed by atoms with E-state index in [-0.39, 0.29) is 11.7 Å². The Labute approximate surface area is 164 Å². The van der Waals surface area contributed by atoms with Crippen LogP contribution in [0, 0.1) is 5.82 Å². The highest BCUT2D eigenvalue weighted by Gasteiger charge is 2.23. The lowest BCUT2D eigenvalue weighted by molar-refractivity contribution is 0.0985. The van der Waals surface area contributed by atoms with Gasteiger partial charge in [0.2, 0.25) is 0 Å². The van der Waals surface area contributed by atoms with Crippen molar-refractivity contribution in [2.75, 3.05) is 23.3 Å². The Balaban J connectivity index is 1.45. The van der Waals surface area contributed by atoms with Crippen LogP contribution in [0.5, 0.6) is 0 Å². The molecule has 4 nitrogen and oxygen atoms in total. The first kappa shape index (κ1) is 18.2. The van der Waals surface area contributed by atoms with Crippen LogP contribution in [-0.2, 0) is 12.8 Å². The van der Waals surface area contributed by atoms with Crippen LogP contribution in [0.2, 0.25) is 0 Å². The van der Waals surface area contributed by atoms with Gasteiger partial charge >= 0.3 is 0 Å². The molecule has 0 saturated carbocycles. The molecule has 1 aliphatic heterocycles. The summed E-state index contributed by atoms with van der Waals surface area (Å²) in [6.45, 7) is 1.27. The van der Waals surface area contributed by atoms with Gasteiger partial charge in [0, 0.05) is 31.2 Å². The van der Waals surface area contributed by atoms with E-state index < -0.39 is 0 Å². The lowest BCUT2D eigenvalue weighted by Gasteiger charge is -2.29. The first-order valence-corrected chi connectivity index (χ1v) is 9.54. The van der Waals surface area contributed by atoms with Crippen molar-refractivity contribution in [3.8, 4) is 0 Å². The van der Waals surface area contributed by atoms with Gasteiger partial charge in [-0.1, -0.05) is 36.4 Å². The molecular formula is C23H22FN3O. The Morgan fingerprint density at radius 1 is 1.11 bits per heavy atom. The minimum Gasteiger partial charge on any atom is -0.383 e. The quantitative estimate of drug-likeness (QED) is 0.716. The number of rotatable bonds is 5. The molecule has 1 amide bonds. The fraction of sp³-hybridized carbons (Fsp3) is 0.217. The summed E-state index contributed by atoms with van der Waals surface area (Å²) >= 11 is 0. The van der Waals surface area contributed by atoms with Gasteiger partial charge in [-0.25, -0.2) is 4.39 Å². The number of hydrogen-bond donors (Lipinski definition) is 1. The van der Waals surface area contributed by atoms with E-state index in [9.17, 15) is 9.18 Å². The van der Waals surface area contributed by atoms with Crippen LogP contribution in [0.25, 0.3) is 0 Å². The van der Waals surface area contributed by atoms with Crippen molar-refractivity contribution in [2.45, 2.75) is 19.3 Å². The summed E-state index contributed by atoms with van der Waals surface area (Å²) in [4.78, 5) is 19.1. The number of pyridine rings is 1. The highest BCUT2D eigenvalue weighted by atomic mass is 19.1. The molecule has 2 heterocycles. The van der Waals surface area contributed by atoms with Gasteiger partial charge in [0.1, 0.15) is 5.82 Å². The van der Waals surface area contributed by atoms with E-state index in [1.165, 1.54) is 11.6 Å². The first-order chi connectivity index (χ1) is 13.7. The third-order valence-electron chi connectivity index (χ3n) is 5.02. The molecule has 0 spiro atoms. The third kappa shape index (κ3) is 3.88. The number of halogens is 1. The predicted molar refractivity (Wildman–Crippen MR) is 109 cm³/mol. The molecule has 3 aromatic rings. The number of fused-ring (bicyclic) bond motifs is 1. The summed E-state index contributed by atoms with van der Waals surface area (Å²) in [5.41, 5.74) is 4.16. The monoisotopic (exact) mass is 375 g/mol. The second-order valence-corrected chi connectivity index (χ2v) is 6.92. The first-order valence-electron chi connectivity index (χ1n) is 9.54. The van der Waals surface area contributed by atoms with Gasteiger partial charge in [0.05, 0.1) is 11.3 Å². The zero-order valence-electron chi connectivity index (χ0n) is 15.6. The van der Waals surface area contributed by atoms with Crippen molar-refractivity contribution in [3.05, 3.63) is 89.5 Å². The van der Waals surface area contributed by atoms with Crippen LogP contribution in [-0.4, -0.2) is 24.0 Å². The summed E-state index contributed by atoms with van der Waals surface area (Å²) in [6.07, 6.45) is 5.79. The van der Waals surface area contributed by atoms with Crippen LogP contribution in [0.15, 0.2) is 67.0 Å². The molecule has 0 fully saturated rings. The Morgan fingerprint density at radius 3 is 2.82 bits per heavy atom. The SMILES string of the molecule is O=C(c1cncc(NCCc2ccccc2F)c1)N1CCCc2ccccc21. The van der Waals surface area contributed by atoms with Gasteiger partial charge in [-0.2, -0.15) is 0 Å². The number of nitrogens with zero attached hydrogens (tertiary/aromatic N) is 2. The van der Waals surface area contributed by atoms with Crippen molar-refractivity contribution >= 4 is 17.3 Å². The third-order valence-corrected chi connectivity index (χ3v) is 5.02. The zero-order chi connectivity index (χ0) is 19.3. The molecule has 1 aliphatic rings. The molecule has 28 heavy (non-hydrogen) atoms. The van der Waals surface area contributed by atoms with Crippen molar-refractivity contribution in [1.82, 2.24) is 4.98 Å². The Hall–Kier alpha value is -3.21. The fourth-order valence-electron chi connectivity index (χ4n) is 3.60. The molecule has 1 N–H and O–H groups in total. The molecule has 0 unspecified atom stereocenters. The van der Waals surface area contributed by atoms with Crippen LogP contribution in [0.1, 0.15) is 27.9 Å². The van der Waals surface area contributed by atoms with Gasteiger partial charge in [-0.15, -0.1) is 0 Å². The van der Waals surface area contributed by atoms with Crippen molar-refractivity contribution in [1.29, 1.82) is 0 Å². The van der Waals surface area contributed by atoms with E-state index in [0.717, 1.165) is 24.2 Å². The number of carbonyl (C=O) groups is 1. The van der Waals surface area contributed by atoms with E-state index in [2.05, 4.69) is 16.4 Å². The largest absolute Gasteiger partial charge is 0.383 e. The Kier molecular flexibility index (Phi) is 5.33. The molecule has 5 heteroatoms. The van der Waals surface area contributed by atoms with Crippen LogP contribution >= 0.6 is 0 Å². The van der Waals surface area contributed by atoms with Crippen LogP contribution in [0.4, 0.5) is 15.8 Å². The summed E-state index contributed by atoms with van der Waals surface area (Å²) < 4.78 is 13.7. The van der Waals surface area contributed by atoms with E-state index in [4.69, 9.17) is 0 Å². The molecule has 4 rings (SSSR count). The highest BCUT2D eigenvalue weighted by molar-refractivity contribution is 6.07.